The highest BCUT2D eigenvalue weighted by Crippen LogP contribution is 2.13. The Labute approximate surface area is 54.8 Å². The van der Waals surface area contributed by atoms with E-state index in [-0.39, 0.29) is 6.03 Å². The summed E-state index contributed by atoms with van der Waals surface area (Å²) in [4.78, 5) is 12.2. The van der Waals surface area contributed by atoms with Crippen molar-refractivity contribution in [2.24, 2.45) is 11.7 Å². The maximum Gasteiger partial charge on any atom is 0.314 e. The van der Waals surface area contributed by atoms with Crippen molar-refractivity contribution in [1.29, 1.82) is 0 Å². The Kier molecular flexibility index (Phi) is 1.60. The first kappa shape index (κ1) is 6.39. The van der Waals surface area contributed by atoms with E-state index in [4.69, 9.17) is 5.73 Å². The number of urea groups is 1. The Hall–Kier alpha value is -0.730. The topological polar surface area (TPSA) is 46.3 Å². The molecule has 1 aliphatic rings. The van der Waals surface area contributed by atoms with Crippen molar-refractivity contribution >= 4 is 6.03 Å². The molecule has 0 aromatic carbocycles. The van der Waals surface area contributed by atoms with E-state index in [0.717, 1.165) is 19.5 Å². The van der Waals surface area contributed by atoms with E-state index in [1.54, 1.807) is 4.90 Å². The summed E-state index contributed by atoms with van der Waals surface area (Å²) in [6.45, 7) is 3.81. The molecule has 0 aromatic rings. The molecule has 1 saturated heterocycles. The van der Waals surface area contributed by atoms with Crippen molar-refractivity contribution in [2.75, 3.05) is 13.1 Å². The van der Waals surface area contributed by atoms with Gasteiger partial charge in [-0.3, -0.25) is 0 Å². The summed E-state index contributed by atoms with van der Waals surface area (Å²) in [5.41, 5.74) is 5.05. The van der Waals surface area contributed by atoms with Gasteiger partial charge in [-0.15, -0.1) is 0 Å². The number of rotatable bonds is 0. The minimum atomic E-state index is -0.278. The van der Waals surface area contributed by atoms with Crippen LogP contribution in [0, 0.1) is 5.92 Å². The normalized spacial score (nSPS) is 26.8. The predicted octanol–water partition coefficient (Wildman–Crippen LogP) is 0.407. The van der Waals surface area contributed by atoms with Crippen LogP contribution >= 0.6 is 0 Å². The number of hydrogen-bond acceptors (Lipinski definition) is 1. The smallest absolute Gasteiger partial charge is 0.314 e. The number of primary amides is 1. The molecule has 9 heavy (non-hydrogen) atoms. The van der Waals surface area contributed by atoms with Crippen molar-refractivity contribution in [1.82, 2.24) is 4.90 Å². The molecule has 0 aromatic heterocycles. The monoisotopic (exact) mass is 128 g/mol. The van der Waals surface area contributed by atoms with Crippen LogP contribution < -0.4 is 5.73 Å². The summed E-state index contributed by atoms with van der Waals surface area (Å²) in [6, 6.07) is -0.278. The van der Waals surface area contributed by atoms with E-state index in [0.29, 0.717) is 5.92 Å². The fourth-order valence-corrected chi connectivity index (χ4v) is 1.14. The molecule has 0 saturated carbocycles. The fourth-order valence-electron chi connectivity index (χ4n) is 1.14. The average molecular weight is 128 g/mol. The average Bonchev–Trinajstić information content (AvgIpc) is 2.14. The van der Waals surface area contributed by atoms with Gasteiger partial charge in [-0.25, -0.2) is 4.79 Å². The van der Waals surface area contributed by atoms with E-state index in [9.17, 15) is 4.79 Å². The van der Waals surface area contributed by atoms with Gasteiger partial charge >= 0.3 is 6.03 Å². The molecule has 2 N–H and O–H groups in total. The Morgan fingerprint density at radius 3 is 2.67 bits per heavy atom. The minimum Gasteiger partial charge on any atom is -0.351 e. The van der Waals surface area contributed by atoms with Crippen LogP contribution in [0.25, 0.3) is 0 Å². The quantitative estimate of drug-likeness (QED) is 0.504. The van der Waals surface area contributed by atoms with Crippen LogP contribution in [0.4, 0.5) is 4.79 Å². The third kappa shape index (κ3) is 1.34. The SMILES string of the molecule is C[C@H]1CCN(C(N)=O)C1. The fraction of sp³-hybridized carbons (Fsp3) is 0.833. The zero-order valence-electron chi connectivity index (χ0n) is 5.63. The summed E-state index contributed by atoms with van der Waals surface area (Å²) < 4.78 is 0. The van der Waals surface area contributed by atoms with E-state index in [1.165, 1.54) is 0 Å². The number of hydrogen-bond donors (Lipinski definition) is 1. The number of carbonyl (C=O) groups is 1. The van der Waals surface area contributed by atoms with Crippen LogP contribution in [0.3, 0.4) is 0 Å². The number of amides is 2. The largest absolute Gasteiger partial charge is 0.351 e. The lowest BCUT2D eigenvalue weighted by molar-refractivity contribution is 0.217. The highest BCUT2D eigenvalue weighted by molar-refractivity contribution is 5.72. The van der Waals surface area contributed by atoms with Crippen molar-refractivity contribution in [3.63, 3.8) is 0 Å². The van der Waals surface area contributed by atoms with Crippen LogP contribution in [0.5, 0.6) is 0 Å². The van der Waals surface area contributed by atoms with Gasteiger partial charge in [0.1, 0.15) is 0 Å². The van der Waals surface area contributed by atoms with Gasteiger partial charge in [0.2, 0.25) is 0 Å². The highest BCUT2D eigenvalue weighted by atomic mass is 16.2. The lowest BCUT2D eigenvalue weighted by atomic mass is 10.2. The summed E-state index contributed by atoms with van der Waals surface area (Å²) in [5.74, 6) is 0.637. The van der Waals surface area contributed by atoms with Crippen LogP contribution in [-0.2, 0) is 0 Å². The zero-order valence-corrected chi connectivity index (χ0v) is 5.63. The molecule has 1 heterocycles. The van der Waals surface area contributed by atoms with Gasteiger partial charge in [-0.05, 0) is 12.3 Å². The van der Waals surface area contributed by atoms with Crippen LogP contribution in [0.2, 0.25) is 0 Å². The standard InChI is InChI=1S/C6H12N2O/c1-5-2-3-8(4-5)6(7)9/h5H,2-4H2,1H3,(H2,7,9)/t5-/m0/s1. The molecular formula is C6H12N2O. The highest BCUT2D eigenvalue weighted by Gasteiger charge is 2.20. The van der Waals surface area contributed by atoms with Crippen LogP contribution in [0.1, 0.15) is 13.3 Å². The molecule has 1 rings (SSSR count). The van der Waals surface area contributed by atoms with Gasteiger partial charge < -0.3 is 10.6 Å². The molecular weight excluding hydrogens is 116 g/mol. The zero-order chi connectivity index (χ0) is 6.85. The number of nitrogens with two attached hydrogens (primary N) is 1. The minimum absolute atomic E-state index is 0.278. The van der Waals surface area contributed by atoms with Gasteiger partial charge in [0.05, 0.1) is 0 Å². The lowest BCUT2D eigenvalue weighted by Crippen LogP contribution is -2.33. The Balaban J connectivity index is 2.39. The Morgan fingerprint density at radius 1 is 1.78 bits per heavy atom. The van der Waals surface area contributed by atoms with Crippen molar-refractivity contribution in [3.05, 3.63) is 0 Å². The van der Waals surface area contributed by atoms with Gasteiger partial charge in [-0.2, -0.15) is 0 Å². The maximum atomic E-state index is 10.5. The Morgan fingerprint density at radius 2 is 2.44 bits per heavy atom. The molecule has 1 fully saturated rings. The molecule has 3 nitrogen and oxygen atoms in total. The Bertz CT molecular complexity index is 124. The van der Waals surface area contributed by atoms with Crippen molar-refractivity contribution in [2.45, 2.75) is 13.3 Å². The molecule has 2 amide bonds. The third-order valence-corrected chi connectivity index (χ3v) is 1.74. The lowest BCUT2D eigenvalue weighted by Gasteiger charge is -2.10. The molecule has 0 radical (unpaired) electrons. The number of likely N-dealkylation sites (tertiary alicyclic amines) is 1. The van der Waals surface area contributed by atoms with Crippen molar-refractivity contribution < 1.29 is 4.79 Å². The van der Waals surface area contributed by atoms with Crippen molar-refractivity contribution in [3.8, 4) is 0 Å². The first-order valence-corrected chi connectivity index (χ1v) is 3.24. The predicted molar refractivity (Wildman–Crippen MR) is 34.9 cm³/mol. The molecule has 1 aliphatic heterocycles. The van der Waals surface area contributed by atoms with E-state index in [1.807, 2.05) is 0 Å². The molecule has 0 unspecified atom stereocenters. The van der Waals surface area contributed by atoms with E-state index in [2.05, 4.69) is 6.92 Å². The van der Waals surface area contributed by atoms with Gasteiger partial charge in [0.25, 0.3) is 0 Å². The molecule has 0 aliphatic carbocycles. The van der Waals surface area contributed by atoms with Gasteiger partial charge in [0.15, 0.2) is 0 Å². The van der Waals surface area contributed by atoms with E-state index >= 15 is 0 Å². The van der Waals surface area contributed by atoms with E-state index < -0.39 is 0 Å². The van der Waals surface area contributed by atoms with Crippen LogP contribution in [0.15, 0.2) is 0 Å². The third-order valence-electron chi connectivity index (χ3n) is 1.74. The summed E-state index contributed by atoms with van der Waals surface area (Å²) >= 11 is 0. The second-order valence-electron chi connectivity index (χ2n) is 2.68. The van der Waals surface area contributed by atoms with Crippen LogP contribution in [-0.4, -0.2) is 24.0 Å². The maximum absolute atomic E-state index is 10.5. The molecule has 52 valence electrons. The summed E-state index contributed by atoms with van der Waals surface area (Å²) in [5, 5.41) is 0. The second-order valence-corrected chi connectivity index (χ2v) is 2.68. The number of carbonyl (C=O) groups excluding carboxylic acids is 1. The molecule has 3 heteroatoms. The van der Waals surface area contributed by atoms with Gasteiger partial charge in [0, 0.05) is 13.1 Å². The first-order chi connectivity index (χ1) is 4.20. The molecule has 0 spiro atoms. The second kappa shape index (κ2) is 2.25. The number of nitrogens with zero attached hydrogens (tertiary/aromatic N) is 1. The molecule has 1 atom stereocenters. The first-order valence-electron chi connectivity index (χ1n) is 3.24. The molecule has 0 bridgehead atoms. The summed E-state index contributed by atoms with van der Waals surface area (Å²) in [6.07, 6.45) is 1.10. The summed E-state index contributed by atoms with van der Waals surface area (Å²) in [7, 11) is 0. The van der Waals surface area contributed by atoms with Gasteiger partial charge in [-0.1, -0.05) is 6.92 Å².